The summed E-state index contributed by atoms with van der Waals surface area (Å²) in [7, 11) is 0. The van der Waals surface area contributed by atoms with Crippen molar-refractivity contribution in [2.45, 2.75) is 45.6 Å². The third-order valence-corrected chi connectivity index (χ3v) is 4.91. The van der Waals surface area contributed by atoms with E-state index < -0.39 is 0 Å². The first kappa shape index (κ1) is 16.8. The zero-order valence-electron chi connectivity index (χ0n) is 14.4. The van der Waals surface area contributed by atoms with Crippen molar-refractivity contribution in [1.29, 1.82) is 0 Å². The molecule has 0 spiro atoms. The van der Waals surface area contributed by atoms with Crippen LogP contribution >= 0.6 is 0 Å². The van der Waals surface area contributed by atoms with Gasteiger partial charge in [-0.25, -0.2) is 0 Å². The Balaban J connectivity index is 1.65. The van der Waals surface area contributed by atoms with E-state index in [2.05, 4.69) is 6.92 Å². The van der Waals surface area contributed by atoms with E-state index in [1.807, 2.05) is 4.90 Å². The summed E-state index contributed by atoms with van der Waals surface area (Å²) in [6, 6.07) is 5.35. The number of benzene rings is 1. The van der Waals surface area contributed by atoms with Crippen LogP contribution in [0.4, 0.5) is 5.69 Å². The van der Waals surface area contributed by atoms with Crippen LogP contribution in [-0.4, -0.2) is 37.6 Å². The Bertz CT molecular complexity index is 620. The third kappa shape index (κ3) is 3.89. The predicted octanol–water partition coefficient (Wildman–Crippen LogP) is 3.21. The van der Waals surface area contributed by atoms with Crippen LogP contribution in [0.15, 0.2) is 18.2 Å². The molecule has 0 atom stereocenters. The normalized spacial score (nSPS) is 23.2. The molecule has 5 heteroatoms. The quantitative estimate of drug-likeness (QED) is 0.626. The average molecular weight is 331 g/mol. The van der Waals surface area contributed by atoms with Crippen LogP contribution in [0.5, 0.6) is 5.75 Å². The Labute approximate surface area is 142 Å². The predicted molar refractivity (Wildman–Crippen MR) is 91.7 cm³/mol. The van der Waals surface area contributed by atoms with Crippen molar-refractivity contribution in [3.05, 3.63) is 23.8 Å². The second kappa shape index (κ2) is 7.24. The molecule has 130 valence electrons. The molecule has 0 aromatic heterocycles. The fraction of sp³-hybridized carbons (Fsp3) is 0.579. The van der Waals surface area contributed by atoms with Crippen LogP contribution < -0.4 is 9.64 Å². The summed E-state index contributed by atoms with van der Waals surface area (Å²) in [6.45, 7) is 5.12. The zero-order valence-corrected chi connectivity index (χ0v) is 14.4. The molecule has 5 nitrogen and oxygen atoms in total. The highest BCUT2D eigenvalue weighted by atomic mass is 16.5. The number of hydrogen-bond acceptors (Lipinski definition) is 5. The highest BCUT2D eigenvalue weighted by Gasteiger charge is 2.25. The second-order valence-electron chi connectivity index (χ2n) is 6.88. The molecule has 3 rings (SSSR count). The maximum atomic E-state index is 12.3. The first-order chi connectivity index (χ1) is 11.5. The lowest BCUT2D eigenvalue weighted by Crippen LogP contribution is -2.38. The highest BCUT2D eigenvalue weighted by molar-refractivity contribution is 5.95. The maximum Gasteiger partial charge on any atom is 0.325 e. The van der Waals surface area contributed by atoms with Gasteiger partial charge in [0.15, 0.2) is 5.78 Å². The number of Topliss-reactive ketones (excluding diaryl/α,β-unsaturated/α-hetero) is 1. The molecule has 1 aliphatic heterocycles. The van der Waals surface area contributed by atoms with Gasteiger partial charge in [0.05, 0.1) is 12.2 Å². The number of ketones is 1. The number of rotatable bonds is 4. The summed E-state index contributed by atoms with van der Waals surface area (Å²) in [5.74, 6) is 1.25. The van der Waals surface area contributed by atoms with Crippen LogP contribution in [0.2, 0.25) is 0 Å². The van der Waals surface area contributed by atoms with Gasteiger partial charge in [0.2, 0.25) is 0 Å². The van der Waals surface area contributed by atoms with Gasteiger partial charge < -0.3 is 14.4 Å². The molecule has 1 heterocycles. The maximum absolute atomic E-state index is 12.3. The van der Waals surface area contributed by atoms with E-state index in [0.717, 1.165) is 37.3 Å². The summed E-state index contributed by atoms with van der Waals surface area (Å²) in [4.78, 5) is 25.9. The Morgan fingerprint density at radius 3 is 2.71 bits per heavy atom. The van der Waals surface area contributed by atoms with E-state index in [4.69, 9.17) is 9.47 Å². The van der Waals surface area contributed by atoms with Crippen molar-refractivity contribution in [3.8, 4) is 5.75 Å². The van der Waals surface area contributed by atoms with E-state index in [1.165, 1.54) is 6.92 Å². The zero-order chi connectivity index (χ0) is 17.1. The number of hydrogen-bond donors (Lipinski definition) is 0. The number of carbonyl (C=O) groups is 2. The standard InChI is InChI=1S/C19H25NO4/c1-13-3-6-16(7-4-13)24-19(22)12-20-9-10-23-18-8-5-15(14(2)21)11-17(18)20/h5,8,11,13,16H,3-4,6-7,9-10,12H2,1-2H3. The van der Waals surface area contributed by atoms with E-state index in [9.17, 15) is 9.59 Å². The van der Waals surface area contributed by atoms with Gasteiger partial charge in [-0.1, -0.05) is 6.92 Å². The molecule has 1 aromatic rings. The lowest BCUT2D eigenvalue weighted by Gasteiger charge is -2.32. The highest BCUT2D eigenvalue weighted by Crippen LogP contribution is 2.33. The Hall–Kier alpha value is -2.04. The minimum absolute atomic E-state index is 0.00206. The van der Waals surface area contributed by atoms with Crippen molar-refractivity contribution in [2.75, 3.05) is 24.6 Å². The molecule has 0 bridgehead atoms. The molecule has 0 amide bonds. The molecular weight excluding hydrogens is 306 g/mol. The lowest BCUT2D eigenvalue weighted by molar-refractivity contribution is -0.149. The smallest absolute Gasteiger partial charge is 0.325 e. The fourth-order valence-electron chi connectivity index (χ4n) is 3.38. The third-order valence-electron chi connectivity index (χ3n) is 4.91. The summed E-state index contributed by atoms with van der Waals surface area (Å²) in [6.07, 6.45) is 4.22. The van der Waals surface area contributed by atoms with Crippen molar-refractivity contribution < 1.29 is 19.1 Å². The van der Waals surface area contributed by atoms with Gasteiger partial charge in [0, 0.05) is 5.56 Å². The van der Waals surface area contributed by atoms with Crippen molar-refractivity contribution in [3.63, 3.8) is 0 Å². The summed E-state index contributed by atoms with van der Waals surface area (Å²) in [5, 5.41) is 0. The molecular formula is C19H25NO4. The SMILES string of the molecule is CC(=O)c1ccc2c(c1)N(CC(=O)OC1CCC(C)CC1)CCO2. The summed E-state index contributed by atoms with van der Waals surface area (Å²) < 4.78 is 11.3. The molecule has 1 aliphatic carbocycles. The van der Waals surface area contributed by atoms with Crippen molar-refractivity contribution in [2.24, 2.45) is 5.92 Å². The number of carbonyl (C=O) groups excluding carboxylic acids is 2. The molecule has 1 aromatic carbocycles. The van der Waals surface area contributed by atoms with E-state index >= 15 is 0 Å². The Kier molecular flexibility index (Phi) is 5.07. The molecule has 1 fully saturated rings. The van der Waals surface area contributed by atoms with Crippen molar-refractivity contribution >= 4 is 17.4 Å². The topological polar surface area (TPSA) is 55.8 Å². The minimum Gasteiger partial charge on any atom is -0.490 e. The molecule has 2 aliphatic rings. The molecule has 0 radical (unpaired) electrons. The Morgan fingerprint density at radius 1 is 1.25 bits per heavy atom. The summed E-state index contributed by atoms with van der Waals surface area (Å²) >= 11 is 0. The fourth-order valence-corrected chi connectivity index (χ4v) is 3.38. The van der Waals surface area contributed by atoms with Gasteiger partial charge in [-0.2, -0.15) is 0 Å². The lowest BCUT2D eigenvalue weighted by atomic mass is 9.89. The number of esters is 1. The molecule has 0 saturated heterocycles. The van der Waals surface area contributed by atoms with Crippen LogP contribution in [0.3, 0.4) is 0 Å². The number of nitrogens with zero attached hydrogens (tertiary/aromatic N) is 1. The van der Waals surface area contributed by atoms with Gasteiger partial charge >= 0.3 is 5.97 Å². The first-order valence-electron chi connectivity index (χ1n) is 8.75. The first-order valence-corrected chi connectivity index (χ1v) is 8.75. The van der Waals surface area contributed by atoms with Gasteiger partial charge in [-0.05, 0) is 56.7 Å². The van der Waals surface area contributed by atoms with Crippen LogP contribution in [0, 0.1) is 5.92 Å². The molecule has 0 N–H and O–H groups in total. The van der Waals surface area contributed by atoms with Crippen LogP contribution in [-0.2, 0) is 9.53 Å². The molecule has 0 unspecified atom stereocenters. The molecule has 1 saturated carbocycles. The van der Waals surface area contributed by atoms with E-state index in [-0.39, 0.29) is 24.4 Å². The Morgan fingerprint density at radius 2 is 2.00 bits per heavy atom. The van der Waals surface area contributed by atoms with Crippen molar-refractivity contribution in [1.82, 2.24) is 0 Å². The van der Waals surface area contributed by atoms with Gasteiger partial charge in [0.1, 0.15) is 25.0 Å². The monoisotopic (exact) mass is 331 g/mol. The minimum atomic E-state index is -0.198. The van der Waals surface area contributed by atoms with Gasteiger partial charge in [0.25, 0.3) is 0 Å². The number of fused-ring (bicyclic) bond motifs is 1. The van der Waals surface area contributed by atoms with Crippen LogP contribution in [0.1, 0.15) is 49.9 Å². The number of anilines is 1. The summed E-state index contributed by atoms with van der Waals surface area (Å²) in [5.41, 5.74) is 1.42. The average Bonchev–Trinajstić information content (AvgIpc) is 2.57. The van der Waals surface area contributed by atoms with E-state index in [1.54, 1.807) is 18.2 Å². The van der Waals surface area contributed by atoms with Gasteiger partial charge in [-0.15, -0.1) is 0 Å². The second-order valence-corrected chi connectivity index (χ2v) is 6.88. The largest absolute Gasteiger partial charge is 0.490 e. The molecule has 24 heavy (non-hydrogen) atoms. The van der Waals surface area contributed by atoms with E-state index in [0.29, 0.717) is 24.5 Å². The van der Waals surface area contributed by atoms with Crippen LogP contribution in [0.25, 0.3) is 0 Å². The number of ether oxygens (including phenoxy) is 2. The van der Waals surface area contributed by atoms with Gasteiger partial charge in [-0.3, -0.25) is 9.59 Å².